The fourth-order valence-electron chi connectivity index (χ4n) is 1.91. The van der Waals surface area contributed by atoms with Crippen LogP contribution in [0.2, 0.25) is 0 Å². The van der Waals surface area contributed by atoms with E-state index in [1.54, 1.807) is 31.1 Å². The van der Waals surface area contributed by atoms with E-state index < -0.39 is 6.10 Å². The molecule has 0 saturated heterocycles. The average molecular weight is 258 g/mol. The van der Waals surface area contributed by atoms with Crippen LogP contribution in [-0.2, 0) is 0 Å². The molecule has 0 aliphatic heterocycles. The molecule has 1 N–H and O–H groups in total. The summed E-state index contributed by atoms with van der Waals surface area (Å²) in [5.41, 5.74) is 1.53. The summed E-state index contributed by atoms with van der Waals surface area (Å²) in [5, 5.41) is 10.2. The third kappa shape index (κ3) is 3.29. The summed E-state index contributed by atoms with van der Waals surface area (Å²) in [6, 6.07) is 9.29. The zero-order chi connectivity index (χ0) is 13.8. The number of nitrogens with zero attached hydrogens (tertiary/aromatic N) is 2. The van der Waals surface area contributed by atoms with Crippen molar-refractivity contribution in [2.45, 2.75) is 19.4 Å². The third-order valence-corrected chi connectivity index (χ3v) is 3.08. The van der Waals surface area contributed by atoms with E-state index in [1.807, 2.05) is 24.3 Å². The lowest BCUT2D eigenvalue weighted by atomic mass is 10.1. The minimum Gasteiger partial charge on any atom is -0.393 e. The predicted octanol–water partition coefficient (Wildman–Crippen LogP) is 2.08. The Labute approximate surface area is 112 Å². The largest absolute Gasteiger partial charge is 0.393 e. The van der Waals surface area contributed by atoms with Crippen LogP contribution in [0.5, 0.6) is 0 Å². The highest BCUT2D eigenvalue weighted by Crippen LogP contribution is 2.14. The van der Waals surface area contributed by atoms with E-state index in [0.717, 1.165) is 10.9 Å². The number of aliphatic hydroxyl groups excluding tert-OH is 1. The number of hydrogen-bond acceptors (Lipinski definition) is 3. The molecule has 0 spiro atoms. The Hall–Kier alpha value is -1.94. The van der Waals surface area contributed by atoms with Gasteiger partial charge in [-0.05, 0) is 37.6 Å². The summed E-state index contributed by atoms with van der Waals surface area (Å²) < 4.78 is 0. The van der Waals surface area contributed by atoms with Gasteiger partial charge in [0.2, 0.25) is 0 Å². The second-order valence-corrected chi connectivity index (χ2v) is 4.78. The highest BCUT2D eigenvalue weighted by atomic mass is 16.3. The molecule has 0 saturated carbocycles. The van der Waals surface area contributed by atoms with Crippen LogP contribution in [0.15, 0.2) is 36.5 Å². The predicted molar refractivity (Wildman–Crippen MR) is 75.0 cm³/mol. The summed E-state index contributed by atoms with van der Waals surface area (Å²) in [4.78, 5) is 18.1. The van der Waals surface area contributed by atoms with Crippen molar-refractivity contribution in [1.82, 2.24) is 9.88 Å². The fourth-order valence-corrected chi connectivity index (χ4v) is 1.91. The van der Waals surface area contributed by atoms with Gasteiger partial charge >= 0.3 is 0 Å². The average Bonchev–Trinajstić information content (AvgIpc) is 2.43. The van der Waals surface area contributed by atoms with Gasteiger partial charge in [0.25, 0.3) is 5.91 Å². The van der Waals surface area contributed by atoms with Gasteiger partial charge in [-0.25, -0.2) is 0 Å². The first kappa shape index (κ1) is 13.5. The lowest BCUT2D eigenvalue weighted by molar-refractivity contribution is 0.0769. The first-order chi connectivity index (χ1) is 9.08. The van der Waals surface area contributed by atoms with Gasteiger partial charge in [0.05, 0.1) is 11.6 Å². The second-order valence-electron chi connectivity index (χ2n) is 4.78. The van der Waals surface area contributed by atoms with Gasteiger partial charge in [-0.3, -0.25) is 9.78 Å². The molecule has 1 heterocycles. The molecule has 1 aromatic heterocycles. The van der Waals surface area contributed by atoms with E-state index in [-0.39, 0.29) is 5.91 Å². The summed E-state index contributed by atoms with van der Waals surface area (Å²) >= 11 is 0. The molecule has 4 heteroatoms. The van der Waals surface area contributed by atoms with Crippen LogP contribution in [0.3, 0.4) is 0 Å². The van der Waals surface area contributed by atoms with Crippen LogP contribution in [0.25, 0.3) is 10.9 Å². The van der Waals surface area contributed by atoms with Crippen molar-refractivity contribution in [3.05, 3.63) is 42.1 Å². The number of rotatable bonds is 4. The third-order valence-electron chi connectivity index (χ3n) is 3.08. The lowest BCUT2D eigenvalue weighted by Crippen LogP contribution is -2.29. The maximum Gasteiger partial charge on any atom is 0.253 e. The first-order valence-electron chi connectivity index (χ1n) is 6.36. The fraction of sp³-hybridized carbons (Fsp3) is 0.333. The quantitative estimate of drug-likeness (QED) is 0.913. The highest BCUT2D eigenvalue weighted by molar-refractivity contribution is 5.97. The van der Waals surface area contributed by atoms with Gasteiger partial charge in [-0.2, -0.15) is 0 Å². The molecule has 1 aromatic carbocycles. The minimum absolute atomic E-state index is 0.0357. The Bertz CT molecular complexity index is 581. The Morgan fingerprint density at radius 2 is 2.21 bits per heavy atom. The highest BCUT2D eigenvalue weighted by Gasteiger charge is 2.12. The number of hydrogen-bond donors (Lipinski definition) is 1. The van der Waals surface area contributed by atoms with Gasteiger partial charge in [0, 0.05) is 30.7 Å². The molecule has 0 aliphatic rings. The molecule has 19 heavy (non-hydrogen) atoms. The van der Waals surface area contributed by atoms with Gasteiger partial charge in [-0.15, -0.1) is 0 Å². The Kier molecular flexibility index (Phi) is 4.12. The van der Waals surface area contributed by atoms with Gasteiger partial charge < -0.3 is 10.0 Å². The van der Waals surface area contributed by atoms with E-state index >= 15 is 0 Å². The molecular weight excluding hydrogens is 240 g/mol. The van der Waals surface area contributed by atoms with Crippen LogP contribution in [0, 0.1) is 0 Å². The van der Waals surface area contributed by atoms with Crippen molar-refractivity contribution < 1.29 is 9.90 Å². The number of carbonyl (C=O) groups excluding carboxylic acids is 1. The molecule has 2 aromatic rings. The normalized spacial score (nSPS) is 12.4. The van der Waals surface area contributed by atoms with Crippen molar-refractivity contribution in [2.24, 2.45) is 0 Å². The van der Waals surface area contributed by atoms with E-state index in [1.165, 1.54) is 0 Å². The van der Waals surface area contributed by atoms with Crippen molar-refractivity contribution >= 4 is 16.8 Å². The van der Waals surface area contributed by atoms with Gasteiger partial charge in [-0.1, -0.05) is 6.07 Å². The maximum atomic E-state index is 12.2. The van der Waals surface area contributed by atoms with E-state index in [9.17, 15) is 9.90 Å². The summed E-state index contributed by atoms with van der Waals surface area (Å²) in [6.45, 7) is 2.27. The molecule has 0 radical (unpaired) electrons. The second kappa shape index (κ2) is 5.80. The van der Waals surface area contributed by atoms with E-state index in [0.29, 0.717) is 18.5 Å². The monoisotopic (exact) mass is 258 g/mol. The molecule has 0 bridgehead atoms. The molecule has 1 unspecified atom stereocenters. The Morgan fingerprint density at radius 3 is 2.95 bits per heavy atom. The van der Waals surface area contributed by atoms with Gasteiger partial charge in [0.15, 0.2) is 0 Å². The first-order valence-corrected chi connectivity index (χ1v) is 6.36. The minimum atomic E-state index is -0.393. The summed E-state index contributed by atoms with van der Waals surface area (Å²) in [5.74, 6) is -0.0357. The molecule has 1 amide bonds. The molecule has 2 rings (SSSR count). The maximum absolute atomic E-state index is 12.2. The van der Waals surface area contributed by atoms with Crippen LogP contribution in [0.1, 0.15) is 23.7 Å². The Balaban J connectivity index is 2.16. The van der Waals surface area contributed by atoms with Crippen LogP contribution in [-0.4, -0.2) is 40.6 Å². The van der Waals surface area contributed by atoms with Crippen LogP contribution < -0.4 is 0 Å². The summed E-state index contributed by atoms with van der Waals surface area (Å²) in [6.07, 6.45) is 1.92. The Morgan fingerprint density at radius 1 is 1.42 bits per heavy atom. The standard InChI is InChI=1S/C15H18N2O2/c1-11(18)7-9-17(2)15(19)13-5-6-14-12(10-13)4-3-8-16-14/h3-6,8,10-11,18H,7,9H2,1-2H3. The number of carbonyl (C=O) groups is 1. The zero-order valence-corrected chi connectivity index (χ0v) is 11.2. The number of amides is 1. The van der Waals surface area contributed by atoms with E-state index in [2.05, 4.69) is 4.98 Å². The smallest absolute Gasteiger partial charge is 0.253 e. The molecule has 0 aliphatic carbocycles. The number of benzene rings is 1. The summed E-state index contributed by atoms with van der Waals surface area (Å²) in [7, 11) is 1.75. The van der Waals surface area contributed by atoms with Gasteiger partial charge in [0.1, 0.15) is 0 Å². The van der Waals surface area contributed by atoms with Crippen molar-refractivity contribution in [3.63, 3.8) is 0 Å². The van der Waals surface area contributed by atoms with Crippen molar-refractivity contribution in [2.75, 3.05) is 13.6 Å². The number of pyridine rings is 1. The number of aromatic nitrogens is 1. The number of fused-ring (bicyclic) bond motifs is 1. The molecule has 0 fully saturated rings. The van der Waals surface area contributed by atoms with Crippen LogP contribution >= 0.6 is 0 Å². The lowest BCUT2D eigenvalue weighted by Gasteiger charge is -2.18. The molecular formula is C15H18N2O2. The zero-order valence-electron chi connectivity index (χ0n) is 11.2. The van der Waals surface area contributed by atoms with Crippen molar-refractivity contribution in [1.29, 1.82) is 0 Å². The molecule has 4 nitrogen and oxygen atoms in total. The molecule has 1 atom stereocenters. The van der Waals surface area contributed by atoms with E-state index in [4.69, 9.17) is 0 Å². The topological polar surface area (TPSA) is 53.4 Å². The van der Waals surface area contributed by atoms with Crippen molar-refractivity contribution in [3.8, 4) is 0 Å². The number of aliphatic hydroxyl groups is 1. The molecule has 100 valence electrons. The van der Waals surface area contributed by atoms with Crippen LogP contribution in [0.4, 0.5) is 0 Å². The SMILES string of the molecule is CC(O)CCN(C)C(=O)c1ccc2ncccc2c1.